The Kier molecular flexibility index (Phi) is 3.89. The standard InChI is InChI=1S/C10H13NO4S/c1-3-15-10(14)8-5(2)6(4-7(12)13)16-9(8)11/h3-4,11H2,1-2H3,(H,12,13). The van der Waals surface area contributed by atoms with Crippen LogP contribution in [0.3, 0.4) is 0 Å². The number of aliphatic carboxylic acids is 1. The molecule has 0 aliphatic rings. The van der Waals surface area contributed by atoms with Crippen LogP contribution in [0, 0.1) is 6.92 Å². The maximum Gasteiger partial charge on any atom is 0.341 e. The number of carbonyl (C=O) groups is 2. The fraction of sp³-hybridized carbons (Fsp3) is 0.400. The van der Waals surface area contributed by atoms with Gasteiger partial charge in [-0.2, -0.15) is 0 Å². The number of hydrogen-bond donors (Lipinski definition) is 2. The second-order valence-electron chi connectivity index (χ2n) is 3.18. The summed E-state index contributed by atoms with van der Waals surface area (Å²) in [6, 6.07) is 0. The lowest BCUT2D eigenvalue weighted by Crippen LogP contribution is -2.08. The van der Waals surface area contributed by atoms with E-state index in [0.717, 1.165) is 11.3 Å². The molecule has 0 saturated heterocycles. The average molecular weight is 243 g/mol. The first kappa shape index (κ1) is 12.5. The number of ether oxygens (including phenoxy) is 1. The molecule has 1 aromatic heterocycles. The molecule has 0 bridgehead atoms. The fourth-order valence-electron chi connectivity index (χ4n) is 1.35. The van der Waals surface area contributed by atoms with E-state index in [1.165, 1.54) is 0 Å². The highest BCUT2D eigenvalue weighted by Gasteiger charge is 2.21. The first-order chi connectivity index (χ1) is 7.47. The average Bonchev–Trinajstić information content (AvgIpc) is 2.41. The molecule has 0 aliphatic heterocycles. The molecule has 0 aliphatic carbocycles. The molecule has 1 rings (SSSR count). The van der Waals surface area contributed by atoms with Crippen molar-refractivity contribution in [1.29, 1.82) is 0 Å². The number of esters is 1. The maximum absolute atomic E-state index is 11.5. The highest BCUT2D eigenvalue weighted by atomic mass is 32.1. The van der Waals surface area contributed by atoms with E-state index in [1.54, 1.807) is 13.8 Å². The molecule has 0 aromatic carbocycles. The SMILES string of the molecule is CCOC(=O)c1c(N)sc(CC(=O)O)c1C. The van der Waals surface area contributed by atoms with Crippen molar-refractivity contribution in [3.8, 4) is 0 Å². The first-order valence-corrected chi connectivity index (χ1v) is 5.55. The molecule has 5 nitrogen and oxygen atoms in total. The lowest BCUT2D eigenvalue weighted by Gasteiger charge is -2.02. The third-order valence-corrected chi connectivity index (χ3v) is 3.19. The number of nitrogens with two attached hydrogens (primary N) is 1. The number of nitrogen functional groups attached to an aromatic ring is 1. The van der Waals surface area contributed by atoms with Crippen LogP contribution in [0.4, 0.5) is 5.00 Å². The van der Waals surface area contributed by atoms with Crippen LogP contribution in [-0.4, -0.2) is 23.7 Å². The topological polar surface area (TPSA) is 89.6 Å². The van der Waals surface area contributed by atoms with E-state index in [2.05, 4.69) is 0 Å². The number of carbonyl (C=O) groups excluding carboxylic acids is 1. The van der Waals surface area contributed by atoms with Crippen LogP contribution in [0.2, 0.25) is 0 Å². The number of thiophene rings is 1. The van der Waals surface area contributed by atoms with Crippen LogP contribution in [0.25, 0.3) is 0 Å². The fourth-order valence-corrected chi connectivity index (χ4v) is 2.40. The maximum atomic E-state index is 11.5. The smallest absolute Gasteiger partial charge is 0.341 e. The summed E-state index contributed by atoms with van der Waals surface area (Å²) in [5.41, 5.74) is 6.57. The predicted octanol–water partition coefficient (Wildman–Crippen LogP) is 1.44. The minimum atomic E-state index is -0.945. The molecule has 88 valence electrons. The zero-order chi connectivity index (χ0) is 12.3. The molecule has 3 N–H and O–H groups in total. The van der Waals surface area contributed by atoms with Crippen molar-refractivity contribution in [1.82, 2.24) is 0 Å². The van der Waals surface area contributed by atoms with Gasteiger partial charge in [-0.25, -0.2) is 4.79 Å². The molecule has 0 radical (unpaired) electrons. The van der Waals surface area contributed by atoms with Gasteiger partial charge in [0.05, 0.1) is 18.6 Å². The Morgan fingerprint density at radius 1 is 1.50 bits per heavy atom. The van der Waals surface area contributed by atoms with Crippen molar-refractivity contribution < 1.29 is 19.4 Å². The van der Waals surface area contributed by atoms with E-state index in [1.807, 2.05) is 0 Å². The van der Waals surface area contributed by atoms with Gasteiger partial charge in [0.15, 0.2) is 0 Å². The third-order valence-electron chi connectivity index (χ3n) is 2.06. The Labute approximate surface area is 96.8 Å². The molecular formula is C10H13NO4S. The molecule has 16 heavy (non-hydrogen) atoms. The van der Waals surface area contributed by atoms with Gasteiger partial charge >= 0.3 is 11.9 Å². The van der Waals surface area contributed by atoms with Crippen molar-refractivity contribution in [3.05, 3.63) is 16.0 Å². The number of anilines is 1. The van der Waals surface area contributed by atoms with Gasteiger partial charge in [-0.3, -0.25) is 4.79 Å². The molecule has 1 aromatic rings. The Hall–Kier alpha value is -1.56. The lowest BCUT2D eigenvalue weighted by atomic mass is 10.1. The Morgan fingerprint density at radius 3 is 2.62 bits per heavy atom. The summed E-state index contributed by atoms with van der Waals surface area (Å²) in [5, 5.41) is 9.00. The van der Waals surface area contributed by atoms with Crippen LogP contribution in [0.15, 0.2) is 0 Å². The van der Waals surface area contributed by atoms with Gasteiger partial charge in [0.2, 0.25) is 0 Å². The molecule has 0 saturated carbocycles. The molecule has 0 fully saturated rings. The van der Waals surface area contributed by atoms with Gasteiger partial charge < -0.3 is 15.6 Å². The van der Waals surface area contributed by atoms with Crippen LogP contribution in [0.1, 0.15) is 27.7 Å². The van der Waals surface area contributed by atoms with E-state index in [0.29, 0.717) is 21.0 Å². The number of hydrogen-bond acceptors (Lipinski definition) is 5. The molecular weight excluding hydrogens is 230 g/mol. The monoisotopic (exact) mass is 243 g/mol. The normalized spacial score (nSPS) is 10.1. The van der Waals surface area contributed by atoms with Gasteiger partial charge in [0, 0.05) is 4.88 Å². The minimum Gasteiger partial charge on any atom is -0.481 e. The summed E-state index contributed by atoms with van der Waals surface area (Å²) < 4.78 is 4.85. The van der Waals surface area contributed by atoms with Crippen molar-refractivity contribution >= 4 is 28.3 Å². The summed E-state index contributed by atoms with van der Waals surface area (Å²) in [6.45, 7) is 3.65. The lowest BCUT2D eigenvalue weighted by molar-refractivity contribution is -0.136. The van der Waals surface area contributed by atoms with Gasteiger partial charge in [0.25, 0.3) is 0 Å². The van der Waals surface area contributed by atoms with E-state index in [-0.39, 0.29) is 13.0 Å². The van der Waals surface area contributed by atoms with E-state index < -0.39 is 11.9 Å². The first-order valence-electron chi connectivity index (χ1n) is 4.74. The largest absolute Gasteiger partial charge is 0.481 e. The molecule has 0 spiro atoms. The van der Waals surface area contributed by atoms with Crippen LogP contribution >= 0.6 is 11.3 Å². The molecule has 0 unspecified atom stereocenters. The minimum absolute atomic E-state index is 0.125. The quantitative estimate of drug-likeness (QED) is 0.781. The zero-order valence-corrected chi connectivity index (χ0v) is 9.89. The van der Waals surface area contributed by atoms with Crippen molar-refractivity contribution in [2.75, 3.05) is 12.3 Å². The number of rotatable bonds is 4. The summed E-state index contributed by atoms with van der Waals surface area (Å²) in [7, 11) is 0. The van der Waals surface area contributed by atoms with E-state index >= 15 is 0 Å². The van der Waals surface area contributed by atoms with Gasteiger partial charge in [-0.05, 0) is 19.4 Å². The van der Waals surface area contributed by atoms with E-state index in [4.69, 9.17) is 15.6 Å². The van der Waals surface area contributed by atoms with Gasteiger partial charge in [-0.1, -0.05) is 0 Å². The van der Waals surface area contributed by atoms with E-state index in [9.17, 15) is 9.59 Å². The van der Waals surface area contributed by atoms with Crippen LogP contribution in [-0.2, 0) is 16.0 Å². The highest BCUT2D eigenvalue weighted by molar-refractivity contribution is 7.16. The van der Waals surface area contributed by atoms with Gasteiger partial charge in [-0.15, -0.1) is 11.3 Å². The van der Waals surface area contributed by atoms with Crippen molar-refractivity contribution in [3.63, 3.8) is 0 Å². The second kappa shape index (κ2) is 4.98. The summed E-state index contributed by atoms with van der Waals surface area (Å²) >= 11 is 1.12. The molecule has 6 heteroatoms. The number of carboxylic acid groups (broad SMARTS) is 1. The molecule has 0 amide bonds. The van der Waals surface area contributed by atoms with Crippen molar-refractivity contribution in [2.24, 2.45) is 0 Å². The van der Waals surface area contributed by atoms with Crippen molar-refractivity contribution in [2.45, 2.75) is 20.3 Å². The second-order valence-corrected chi connectivity index (χ2v) is 4.32. The molecule has 1 heterocycles. The highest BCUT2D eigenvalue weighted by Crippen LogP contribution is 2.31. The third kappa shape index (κ3) is 2.52. The number of carboxylic acids is 1. The summed E-state index contributed by atoms with van der Waals surface area (Å²) in [4.78, 5) is 22.7. The zero-order valence-electron chi connectivity index (χ0n) is 9.07. The summed E-state index contributed by atoms with van der Waals surface area (Å²) in [5.74, 6) is -1.44. The Morgan fingerprint density at radius 2 is 2.12 bits per heavy atom. The summed E-state index contributed by atoms with van der Waals surface area (Å²) in [6.07, 6.45) is -0.125. The van der Waals surface area contributed by atoms with Gasteiger partial charge in [0.1, 0.15) is 5.00 Å². The van der Waals surface area contributed by atoms with Crippen LogP contribution in [0.5, 0.6) is 0 Å². The Bertz CT molecular complexity index is 425. The predicted molar refractivity (Wildman–Crippen MR) is 60.8 cm³/mol. The molecule has 0 atom stereocenters. The Balaban J connectivity index is 3.06. The van der Waals surface area contributed by atoms with Crippen LogP contribution < -0.4 is 5.73 Å².